The lowest BCUT2D eigenvalue weighted by atomic mass is 10.1. The van der Waals surface area contributed by atoms with Crippen LogP contribution in [-0.2, 0) is 15.6 Å². The molecule has 8 nitrogen and oxygen atoms in total. The molecule has 3 aromatic rings. The highest BCUT2D eigenvalue weighted by molar-refractivity contribution is 7.90. The predicted molar refractivity (Wildman–Crippen MR) is 117 cm³/mol. The maximum Gasteiger partial charge on any atom is 0.276 e. The Balaban J connectivity index is 1.92. The van der Waals surface area contributed by atoms with Gasteiger partial charge in [-0.3, -0.25) is 4.79 Å². The number of rotatable bonds is 7. The molecule has 0 aliphatic carbocycles. The number of methoxy groups -OCH3 is 2. The molecule has 162 valence electrons. The number of nitrogens with one attached hydrogen (secondary N) is 1. The SMILES string of the molecule is COc1ccc(OC)c(NC(=O)c2nc(S(=O)(=O)Cc3ccccc3C)ncc2Cl)c1. The second kappa shape index (κ2) is 9.32. The Kier molecular flexibility index (Phi) is 6.77. The summed E-state index contributed by atoms with van der Waals surface area (Å²) in [4.78, 5) is 20.6. The molecule has 1 heterocycles. The number of benzene rings is 2. The lowest BCUT2D eigenvalue weighted by Crippen LogP contribution is -2.18. The number of aryl methyl sites for hydroxylation is 1. The summed E-state index contributed by atoms with van der Waals surface area (Å²) >= 11 is 6.09. The molecule has 0 fully saturated rings. The average Bonchev–Trinajstić information content (AvgIpc) is 2.75. The lowest BCUT2D eigenvalue weighted by molar-refractivity contribution is 0.102. The molecule has 0 aliphatic heterocycles. The molecular formula is C21H20ClN3O5S. The van der Waals surface area contributed by atoms with Gasteiger partial charge in [-0.2, -0.15) is 0 Å². The van der Waals surface area contributed by atoms with Gasteiger partial charge in [-0.15, -0.1) is 0 Å². The van der Waals surface area contributed by atoms with Gasteiger partial charge in [-0.25, -0.2) is 18.4 Å². The van der Waals surface area contributed by atoms with Crippen molar-refractivity contribution in [3.63, 3.8) is 0 Å². The zero-order valence-electron chi connectivity index (χ0n) is 17.0. The van der Waals surface area contributed by atoms with Crippen LogP contribution < -0.4 is 14.8 Å². The van der Waals surface area contributed by atoms with Gasteiger partial charge in [-0.05, 0) is 30.2 Å². The molecule has 1 N–H and O–H groups in total. The topological polar surface area (TPSA) is 107 Å². The van der Waals surface area contributed by atoms with Crippen LogP contribution in [0.3, 0.4) is 0 Å². The van der Waals surface area contributed by atoms with E-state index in [1.165, 1.54) is 14.2 Å². The predicted octanol–water partition coefficient (Wildman–Crippen LogP) is 3.68. The molecule has 0 spiro atoms. The Bertz CT molecular complexity index is 1230. The van der Waals surface area contributed by atoms with Crippen LogP contribution in [0.2, 0.25) is 5.02 Å². The smallest absolute Gasteiger partial charge is 0.276 e. The van der Waals surface area contributed by atoms with E-state index in [2.05, 4.69) is 15.3 Å². The van der Waals surface area contributed by atoms with Crippen molar-refractivity contribution in [2.75, 3.05) is 19.5 Å². The van der Waals surface area contributed by atoms with E-state index in [1.54, 1.807) is 30.3 Å². The Morgan fingerprint density at radius 2 is 1.87 bits per heavy atom. The van der Waals surface area contributed by atoms with Crippen LogP contribution in [-0.4, -0.2) is 38.5 Å². The molecule has 0 unspecified atom stereocenters. The summed E-state index contributed by atoms with van der Waals surface area (Å²) in [6.45, 7) is 1.81. The van der Waals surface area contributed by atoms with Crippen molar-refractivity contribution in [2.45, 2.75) is 17.8 Å². The van der Waals surface area contributed by atoms with Crippen molar-refractivity contribution in [2.24, 2.45) is 0 Å². The van der Waals surface area contributed by atoms with E-state index in [0.29, 0.717) is 22.7 Å². The molecule has 0 aliphatic rings. The maximum atomic E-state index is 12.8. The quantitative estimate of drug-likeness (QED) is 0.534. The Morgan fingerprint density at radius 1 is 1.13 bits per heavy atom. The highest BCUT2D eigenvalue weighted by atomic mass is 35.5. The van der Waals surface area contributed by atoms with E-state index in [-0.39, 0.29) is 16.5 Å². The number of carbonyl (C=O) groups is 1. The summed E-state index contributed by atoms with van der Waals surface area (Å²) < 4.78 is 36.1. The second-order valence-corrected chi connectivity index (χ2v) is 8.85. The minimum Gasteiger partial charge on any atom is -0.497 e. The first-order chi connectivity index (χ1) is 14.7. The average molecular weight is 462 g/mol. The van der Waals surface area contributed by atoms with Crippen LogP contribution in [0.15, 0.2) is 53.8 Å². The van der Waals surface area contributed by atoms with Gasteiger partial charge in [0.15, 0.2) is 5.69 Å². The maximum absolute atomic E-state index is 12.8. The fourth-order valence-electron chi connectivity index (χ4n) is 2.79. The standard InChI is InChI=1S/C21H20ClN3O5S/c1-13-6-4-5-7-14(13)12-31(27,28)21-23-11-16(22)19(25-21)20(26)24-17-10-15(29-2)8-9-18(17)30-3/h4-11H,12H2,1-3H3,(H,24,26). The van der Waals surface area contributed by atoms with Crippen molar-refractivity contribution < 1.29 is 22.7 Å². The fourth-order valence-corrected chi connectivity index (χ4v) is 4.28. The molecule has 0 saturated heterocycles. The van der Waals surface area contributed by atoms with E-state index in [4.69, 9.17) is 21.1 Å². The van der Waals surface area contributed by atoms with Crippen molar-refractivity contribution in [3.05, 3.63) is 70.5 Å². The molecule has 0 atom stereocenters. The normalized spacial score (nSPS) is 11.1. The lowest BCUT2D eigenvalue weighted by Gasteiger charge is -2.12. The summed E-state index contributed by atoms with van der Waals surface area (Å²) in [6.07, 6.45) is 1.09. The van der Waals surface area contributed by atoms with E-state index >= 15 is 0 Å². The van der Waals surface area contributed by atoms with Crippen LogP contribution in [0, 0.1) is 6.92 Å². The number of hydrogen-bond donors (Lipinski definition) is 1. The van der Waals surface area contributed by atoms with Gasteiger partial charge in [0.2, 0.25) is 15.0 Å². The number of nitrogens with zero attached hydrogens (tertiary/aromatic N) is 2. The van der Waals surface area contributed by atoms with Gasteiger partial charge in [-0.1, -0.05) is 35.9 Å². The van der Waals surface area contributed by atoms with Crippen LogP contribution >= 0.6 is 11.6 Å². The van der Waals surface area contributed by atoms with Crippen molar-refractivity contribution in [3.8, 4) is 11.5 Å². The number of amides is 1. The number of aromatic nitrogens is 2. The van der Waals surface area contributed by atoms with Crippen molar-refractivity contribution >= 4 is 33.0 Å². The first kappa shape index (κ1) is 22.5. The molecule has 1 aromatic heterocycles. The number of anilines is 1. The first-order valence-electron chi connectivity index (χ1n) is 9.08. The third-order valence-electron chi connectivity index (χ3n) is 4.48. The van der Waals surface area contributed by atoms with E-state index in [1.807, 2.05) is 19.1 Å². The van der Waals surface area contributed by atoms with Gasteiger partial charge >= 0.3 is 0 Å². The van der Waals surface area contributed by atoms with Crippen LogP contribution in [0.1, 0.15) is 21.6 Å². The third-order valence-corrected chi connectivity index (χ3v) is 6.20. The van der Waals surface area contributed by atoms with Crippen molar-refractivity contribution in [1.82, 2.24) is 9.97 Å². The zero-order chi connectivity index (χ0) is 22.6. The molecule has 10 heteroatoms. The van der Waals surface area contributed by atoms with Crippen LogP contribution in [0.5, 0.6) is 11.5 Å². The third kappa shape index (κ3) is 5.12. The minimum atomic E-state index is -3.91. The monoisotopic (exact) mass is 461 g/mol. The van der Waals surface area contributed by atoms with E-state index in [0.717, 1.165) is 11.8 Å². The first-order valence-corrected chi connectivity index (χ1v) is 11.1. The van der Waals surface area contributed by atoms with Gasteiger partial charge in [0, 0.05) is 6.07 Å². The highest BCUT2D eigenvalue weighted by Crippen LogP contribution is 2.30. The molecule has 0 bridgehead atoms. The summed E-state index contributed by atoms with van der Waals surface area (Å²) in [5.41, 5.74) is 1.48. The molecular weight excluding hydrogens is 442 g/mol. The van der Waals surface area contributed by atoms with Crippen LogP contribution in [0.25, 0.3) is 0 Å². The fraction of sp³-hybridized carbons (Fsp3) is 0.190. The highest BCUT2D eigenvalue weighted by Gasteiger charge is 2.24. The number of carbonyl (C=O) groups excluding carboxylic acids is 1. The summed E-state index contributed by atoms with van der Waals surface area (Å²) in [5.74, 6) is -0.143. The zero-order valence-corrected chi connectivity index (χ0v) is 18.6. The molecule has 3 rings (SSSR count). The summed E-state index contributed by atoms with van der Waals surface area (Å²) in [6, 6.07) is 11.9. The molecule has 31 heavy (non-hydrogen) atoms. The summed E-state index contributed by atoms with van der Waals surface area (Å²) in [5, 5.41) is 2.05. The summed E-state index contributed by atoms with van der Waals surface area (Å²) in [7, 11) is -0.974. The van der Waals surface area contributed by atoms with Gasteiger partial charge in [0.25, 0.3) is 5.91 Å². The van der Waals surface area contributed by atoms with Crippen molar-refractivity contribution in [1.29, 1.82) is 0 Å². The number of halogens is 1. The molecule has 0 radical (unpaired) electrons. The van der Waals surface area contributed by atoms with Gasteiger partial charge < -0.3 is 14.8 Å². The van der Waals surface area contributed by atoms with E-state index in [9.17, 15) is 13.2 Å². The Labute approximate surface area is 185 Å². The minimum absolute atomic E-state index is 0.0887. The number of hydrogen-bond acceptors (Lipinski definition) is 7. The second-order valence-electron chi connectivity index (χ2n) is 6.56. The molecule has 0 saturated carbocycles. The Morgan fingerprint density at radius 3 is 2.55 bits per heavy atom. The van der Waals surface area contributed by atoms with Gasteiger partial charge in [0.1, 0.15) is 11.5 Å². The Hall–Kier alpha value is -3.17. The van der Waals surface area contributed by atoms with Crippen LogP contribution in [0.4, 0.5) is 5.69 Å². The number of ether oxygens (including phenoxy) is 2. The number of sulfone groups is 1. The largest absolute Gasteiger partial charge is 0.497 e. The van der Waals surface area contributed by atoms with Gasteiger partial charge in [0.05, 0.1) is 36.9 Å². The molecule has 1 amide bonds. The van der Waals surface area contributed by atoms with E-state index < -0.39 is 20.9 Å². The molecule has 2 aromatic carbocycles.